The van der Waals surface area contributed by atoms with Crippen molar-refractivity contribution in [2.24, 2.45) is 0 Å². The SMILES string of the molecule is O=S(=O)(c1cc(Cl)ccc1Cl)N1CC2CC1CS2. The van der Waals surface area contributed by atoms with Crippen molar-refractivity contribution in [3.63, 3.8) is 0 Å². The Bertz CT molecular complexity index is 591. The summed E-state index contributed by atoms with van der Waals surface area (Å²) in [7, 11) is -3.52. The maximum Gasteiger partial charge on any atom is 0.244 e. The van der Waals surface area contributed by atoms with Crippen LogP contribution in [0.25, 0.3) is 0 Å². The third-order valence-electron chi connectivity index (χ3n) is 3.33. The van der Waals surface area contributed by atoms with E-state index in [1.165, 1.54) is 12.1 Å². The van der Waals surface area contributed by atoms with Crippen LogP contribution >= 0.6 is 35.0 Å². The van der Waals surface area contributed by atoms with Crippen molar-refractivity contribution in [1.29, 1.82) is 0 Å². The minimum absolute atomic E-state index is 0.111. The number of benzene rings is 1. The van der Waals surface area contributed by atoms with Crippen molar-refractivity contribution >= 4 is 45.0 Å². The van der Waals surface area contributed by atoms with Crippen molar-refractivity contribution in [3.8, 4) is 0 Å². The molecule has 0 aromatic heterocycles. The maximum absolute atomic E-state index is 12.6. The van der Waals surface area contributed by atoms with Gasteiger partial charge < -0.3 is 0 Å². The molecule has 2 heterocycles. The first kappa shape index (κ1) is 13.1. The summed E-state index contributed by atoms with van der Waals surface area (Å²) in [5.74, 6) is 0.877. The van der Waals surface area contributed by atoms with Crippen molar-refractivity contribution < 1.29 is 8.42 Å². The molecule has 0 N–H and O–H groups in total. The molecule has 3 rings (SSSR count). The largest absolute Gasteiger partial charge is 0.244 e. The average molecular weight is 324 g/mol. The van der Waals surface area contributed by atoms with E-state index in [1.54, 1.807) is 10.4 Å². The highest BCUT2D eigenvalue weighted by atomic mass is 35.5. The second kappa shape index (κ2) is 4.56. The van der Waals surface area contributed by atoms with Crippen molar-refractivity contribution in [1.82, 2.24) is 4.31 Å². The van der Waals surface area contributed by atoms with E-state index in [2.05, 4.69) is 0 Å². The quantitative estimate of drug-likeness (QED) is 0.839. The molecule has 2 aliphatic heterocycles. The molecule has 1 aromatic rings. The Balaban J connectivity index is 2.02. The molecular formula is C11H11Cl2NO2S2. The highest BCUT2D eigenvalue weighted by molar-refractivity contribution is 8.00. The number of hydrogen-bond acceptors (Lipinski definition) is 3. The molecule has 1 aromatic carbocycles. The summed E-state index contributed by atoms with van der Waals surface area (Å²) in [6.07, 6.45) is 0.947. The standard InChI is InChI=1S/C11H11Cl2NO2S2/c12-7-1-2-10(13)11(3-7)18(15,16)14-5-9-4-8(14)6-17-9/h1-3,8-9H,4-6H2. The van der Waals surface area contributed by atoms with Crippen LogP contribution in [0.4, 0.5) is 0 Å². The molecule has 0 saturated carbocycles. The zero-order valence-electron chi connectivity index (χ0n) is 9.34. The van der Waals surface area contributed by atoms with E-state index in [-0.39, 0.29) is 16.0 Å². The molecule has 0 radical (unpaired) electrons. The number of rotatable bonds is 2. The summed E-state index contributed by atoms with van der Waals surface area (Å²) in [5.41, 5.74) is 0. The molecule has 2 atom stereocenters. The van der Waals surface area contributed by atoms with Gasteiger partial charge in [0, 0.05) is 28.6 Å². The van der Waals surface area contributed by atoms with Crippen LogP contribution in [0.2, 0.25) is 10.0 Å². The van der Waals surface area contributed by atoms with Crippen molar-refractivity contribution in [2.75, 3.05) is 12.3 Å². The van der Waals surface area contributed by atoms with Gasteiger partial charge in [-0.1, -0.05) is 23.2 Å². The van der Waals surface area contributed by atoms with Crippen LogP contribution in [-0.4, -0.2) is 36.3 Å². The third kappa shape index (κ3) is 2.06. The average Bonchev–Trinajstić information content (AvgIpc) is 2.94. The van der Waals surface area contributed by atoms with Crippen LogP contribution in [0.1, 0.15) is 6.42 Å². The summed E-state index contributed by atoms with van der Waals surface area (Å²) in [6, 6.07) is 4.66. The van der Waals surface area contributed by atoms with Crippen molar-refractivity contribution in [3.05, 3.63) is 28.2 Å². The Morgan fingerprint density at radius 1 is 1.33 bits per heavy atom. The predicted octanol–water partition coefficient (Wildman–Crippen LogP) is 2.87. The lowest BCUT2D eigenvalue weighted by atomic mass is 10.3. The highest BCUT2D eigenvalue weighted by Crippen LogP contribution is 2.41. The Morgan fingerprint density at radius 2 is 2.11 bits per heavy atom. The normalized spacial score (nSPS) is 27.9. The van der Waals surface area contributed by atoms with Crippen LogP contribution in [0, 0.1) is 0 Å². The number of fused-ring (bicyclic) bond motifs is 2. The molecule has 2 aliphatic rings. The van der Waals surface area contributed by atoms with Crippen LogP contribution in [0.15, 0.2) is 23.1 Å². The van der Waals surface area contributed by atoms with Gasteiger partial charge in [0.25, 0.3) is 0 Å². The second-order valence-corrected chi connectivity index (χ2v) is 8.53. The maximum atomic E-state index is 12.6. The highest BCUT2D eigenvalue weighted by Gasteiger charge is 2.45. The van der Waals surface area contributed by atoms with Gasteiger partial charge in [-0.15, -0.1) is 0 Å². The summed E-state index contributed by atoms with van der Waals surface area (Å²) in [5, 5.41) is 1.05. The van der Waals surface area contributed by atoms with Crippen molar-refractivity contribution in [2.45, 2.75) is 22.6 Å². The van der Waals surface area contributed by atoms with Gasteiger partial charge in [0.1, 0.15) is 4.90 Å². The number of thioether (sulfide) groups is 1. The minimum atomic E-state index is -3.52. The third-order valence-corrected chi connectivity index (χ3v) is 7.36. The topological polar surface area (TPSA) is 37.4 Å². The zero-order valence-corrected chi connectivity index (χ0v) is 12.5. The number of halogens is 2. The first-order valence-electron chi connectivity index (χ1n) is 5.57. The fourth-order valence-electron chi connectivity index (χ4n) is 2.46. The summed E-state index contributed by atoms with van der Waals surface area (Å²) < 4.78 is 26.7. The molecule has 2 fully saturated rings. The van der Waals surface area contributed by atoms with Crippen LogP contribution in [0.5, 0.6) is 0 Å². The van der Waals surface area contributed by atoms with Gasteiger partial charge in [0.2, 0.25) is 10.0 Å². The lowest BCUT2D eigenvalue weighted by Crippen LogP contribution is -2.39. The molecule has 2 unspecified atom stereocenters. The number of hydrogen-bond donors (Lipinski definition) is 0. The lowest BCUT2D eigenvalue weighted by molar-refractivity contribution is 0.410. The number of nitrogens with zero attached hydrogens (tertiary/aromatic N) is 1. The Hall–Kier alpha value is 0.0600. The summed E-state index contributed by atoms with van der Waals surface area (Å²) in [4.78, 5) is 0.120. The number of sulfonamides is 1. The molecule has 3 nitrogen and oxygen atoms in total. The van der Waals surface area contributed by atoms with E-state index in [9.17, 15) is 8.42 Å². The predicted molar refractivity (Wildman–Crippen MR) is 75.0 cm³/mol. The van der Waals surface area contributed by atoms with E-state index in [4.69, 9.17) is 23.2 Å². The van der Waals surface area contributed by atoms with E-state index in [0.717, 1.165) is 12.2 Å². The molecule has 0 amide bonds. The van der Waals surface area contributed by atoms with Crippen LogP contribution < -0.4 is 0 Å². The van der Waals surface area contributed by atoms with E-state index < -0.39 is 10.0 Å². The zero-order chi connectivity index (χ0) is 12.9. The molecule has 0 aliphatic carbocycles. The Morgan fingerprint density at radius 3 is 2.72 bits per heavy atom. The second-order valence-electron chi connectivity index (χ2n) is 4.49. The Kier molecular flexibility index (Phi) is 3.31. The van der Waals surface area contributed by atoms with Gasteiger partial charge in [-0.05, 0) is 24.6 Å². The molecule has 7 heteroatoms. The molecule has 98 valence electrons. The first-order valence-corrected chi connectivity index (χ1v) is 8.81. The van der Waals surface area contributed by atoms with E-state index in [0.29, 0.717) is 16.8 Å². The molecular weight excluding hydrogens is 313 g/mol. The Labute approximate surface area is 120 Å². The molecule has 18 heavy (non-hydrogen) atoms. The van der Waals surface area contributed by atoms with Gasteiger partial charge in [0.05, 0.1) is 5.02 Å². The molecule has 2 saturated heterocycles. The van der Waals surface area contributed by atoms with Gasteiger partial charge in [-0.25, -0.2) is 8.42 Å². The molecule has 2 bridgehead atoms. The fourth-order valence-corrected chi connectivity index (χ4v) is 6.50. The smallest absolute Gasteiger partial charge is 0.207 e. The van der Waals surface area contributed by atoms with Crippen LogP contribution in [0.3, 0.4) is 0 Å². The van der Waals surface area contributed by atoms with Crippen LogP contribution in [-0.2, 0) is 10.0 Å². The molecule has 0 spiro atoms. The first-order chi connectivity index (χ1) is 8.48. The van der Waals surface area contributed by atoms with E-state index in [1.807, 2.05) is 11.8 Å². The van der Waals surface area contributed by atoms with Gasteiger partial charge >= 0.3 is 0 Å². The lowest BCUT2D eigenvalue weighted by Gasteiger charge is -2.26. The fraction of sp³-hybridized carbons (Fsp3) is 0.455. The monoisotopic (exact) mass is 323 g/mol. The van der Waals surface area contributed by atoms with E-state index >= 15 is 0 Å². The summed E-state index contributed by atoms with van der Waals surface area (Å²) in [6.45, 7) is 0.584. The van der Waals surface area contributed by atoms with Gasteiger partial charge in [0.15, 0.2) is 0 Å². The van der Waals surface area contributed by atoms with Gasteiger partial charge in [-0.2, -0.15) is 16.1 Å². The summed E-state index contributed by atoms with van der Waals surface area (Å²) >= 11 is 13.7. The van der Waals surface area contributed by atoms with Gasteiger partial charge in [-0.3, -0.25) is 0 Å². The minimum Gasteiger partial charge on any atom is -0.207 e.